The molecule has 1 unspecified atom stereocenters. The zero-order valence-electron chi connectivity index (χ0n) is 7.22. The zero-order chi connectivity index (χ0) is 8.10. The van der Waals surface area contributed by atoms with Gasteiger partial charge in [0.2, 0.25) is 0 Å². The predicted molar refractivity (Wildman–Crippen MR) is 48.1 cm³/mol. The van der Waals surface area contributed by atoms with Gasteiger partial charge in [-0.15, -0.1) is 0 Å². The maximum absolute atomic E-state index is 3.33. The molecule has 11 heavy (non-hydrogen) atoms. The molecule has 0 saturated heterocycles. The second kappa shape index (κ2) is 4.06. The van der Waals surface area contributed by atoms with E-state index in [9.17, 15) is 0 Å². The van der Waals surface area contributed by atoms with Crippen molar-refractivity contribution in [3.05, 3.63) is 24.0 Å². The van der Waals surface area contributed by atoms with Crippen LogP contribution < -0.4 is 10.6 Å². The maximum Gasteiger partial charge on any atom is 0.0651 e. The molecule has 0 aromatic carbocycles. The van der Waals surface area contributed by atoms with Crippen LogP contribution in [0, 0.1) is 0 Å². The largest absolute Gasteiger partial charge is 0.387 e. The molecular weight excluding hydrogens is 136 g/mol. The number of nitrogens with one attached hydrogen (secondary N) is 2. The predicted octanol–water partition coefficient (Wildman–Crippen LogP) is 1.38. The fourth-order valence-corrected chi connectivity index (χ4v) is 1.25. The van der Waals surface area contributed by atoms with E-state index in [2.05, 4.69) is 30.6 Å². The maximum atomic E-state index is 3.33. The third-order valence-corrected chi connectivity index (χ3v) is 1.83. The molecule has 0 spiro atoms. The van der Waals surface area contributed by atoms with Crippen molar-refractivity contribution >= 4 is 0 Å². The van der Waals surface area contributed by atoms with Gasteiger partial charge in [-0.25, -0.2) is 0 Å². The Bertz CT molecular complexity index is 170. The van der Waals surface area contributed by atoms with E-state index in [0.29, 0.717) is 6.04 Å². The summed E-state index contributed by atoms with van der Waals surface area (Å²) in [6.07, 6.45) is 7.29. The minimum Gasteiger partial charge on any atom is -0.387 e. The Hall–Kier alpha value is -0.920. The van der Waals surface area contributed by atoms with E-state index in [1.54, 1.807) is 0 Å². The first-order chi connectivity index (χ1) is 5.38. The fraction of sp³-hybridized carbons (Fsp3) is 0.556. The summed E-state index contributed by atoms with van der Waals surface area (Å²) in [5, 5.41) is 6.63. The van der Waals surface area contributed by atoms with Gasteiger partial charge in [0.25, 0.3) is 0 Å². The molecule has 1 rings (SSSR count). The summed E-state index contributed by atoms with van der Waals surface area (Å²) in [6.45, 7) is 5.30. The lowest BCUT2D eigenvalue weighted by Gasteiger charge is -2.22. The topological polar surface area (TPSA) is 24.1 Å². The Balaban J connectivity index is 2.55. The van der Waals surface area contributed by atoms with E-state index >= 15 is 0 Å². The first-order valence-electron chi connectivity index (χ1n) is 4.25. The van der Waals surface area contributed by atoms with Gasteiger partial charge < -0.3 is 10.6 Å². The lowest BCUT2D eigenvalue weighted by molar-refractivity contribution is 0.587. The monoisotopic (exact) mass is 152 g/mol. The van der Waals surface area contributed by atoms with Crippen molar-refractivity contribution in [2.45, 2.75) is 26.3 Å². The second-order valence-corrected chi connectivity index (χ2v) is 2.64. The van der Waals surface area contributed by atoms with E-state index in [4.69, 9.17) is 0 Å². The highest BCUT2D eigenvalue weighted by Crippen LogP contribution is 2.06. The Morgan fingerprint density at radius 2 is 2.36 bits per heavy atom. The molecule has 0 aromatic heterocycles. The van der Waals surface area contributed by atoms with Crippen LogP contribution in [-0.4, -0.2) is 12.6 Å². The Labute approximate surface area is 68.4 Å². The van der Waals surface area contributed by atoms with Crippen LogP contribution in [0.4, 0.5) is 0 Å². The molecule has 1 heterocycles. The molecule has 0 aromatic rings. The molecule has 0 bridgehead atoms. The van der Waals surface area contributed by atoms with Crippen LogP contribution in [0.5, 0.6) is 0 Å². The third kappa shape index (κ3) is 2.00. The molecular formula is C9H16N2. The summed E-state index contributed by atoms with van der Waals surface area (Å²) in [5.74, 6) is 0. The number of hydrogen-bond donors (Lipinski definition) is 2. The highest BCUT2D eigenvalue weighted by atomic mass is 15.0. The van der Waals surface area contributed by atoms with Gasteiger partial charge in [0, 0.05) is 12.2 Å². The van der Waals surface area contributed by atoms with Gasteiger partial charge in [0.05, 0.1) is 6.04 Å². The molecule has 62 valence electrons. The van der Waals surface area contributed by atoms with Crippen LogP contribution in [0.3, 0.4) is 0 Å². The standard InChI is InChI=1S/C9H16N2/c1-3-8-9(10-4-2)6-5-7-11-8/h5-8,10-11H,3-4H2,1-2H3. The van der Waals surface area contributed by atoms with E-state index in [0.717, 1.165) is 13.0 Å². The van der Waals surface area contributed by atoms with Gasteiger partial charge in [-0.1, -0.05) is 6.92 Å². The van der Waals surface area contributed by atoms with Crippen molar-refractivity contribution in [3.8, 4) is 0 Å². The van der Waals surface area contributed by atoms with Crippen molar-refractivity contribution < 1.29 is 0 Å². The van der Waals surface area contributed by atoms with E-state index in [1.165, 1.54) is 5.70 Å². The minimum atomic E-state index is 0.486. The smallest absolute Gasteiger partial charge is 0.0651 e. The second-order valence-electron chi connectivity index (χ2n) is 2.64. The van der Waals surface area contributed by atoms with Crippen molar-refractivity contribution in [2.75, 3.05) is 6.54 Å². The summed E-state index contributed by atoms with van der Waals surface area (Å²) in [7, 11) is 0. The van der Waals surface area contributed by atoms with Crippen LogP contribution in [0.2, 0.25) is 0 Å². The quantitative estimate of drug-likeness (QED) is 0.638. The van der Waals surface area contributed by atoms with E-state index < -0.39 is 0 Å². The highest BCUT2D eigenvalue weighted by molar-refractivity contribution is 5.21. The summed E-state index contributed by atoms with van der Waals surface area (Å²) in [6, 6.07) is 0.486. The average molecular weight is 152 g/mol. The van der Waals surface area contributed by atoms with Gasteiger partial charge in [-0.05, 0) is 31.7 Å². The average Bonchev–Trinajstić information content (AvgIpc) is 2.06. The molecule has 2 N–H and O–H groups in total. The highest BCUT2D eigenvalue weighted by Gasteiger charge is 2.10. The number of dihydropyridines is 1. The summed E-state index contributed by atoms with van der Waals surface area (Å²) < 4.78 is 0. The van der Waals surface area contributed by atoms with Crippen LogP contribution >= 0.6 is 0 Å². The van der Waals surface area contributed by atoms with Crippen LogP contribution in [0.25, 0.3) is 0 Å². The first-order valence-corrected chi connectivity index (χ1v) is 4.25. The van der Waals surface area contributed by atoms with Crippen LogP contribution in [-0.2, 0) is 0 Å². The SMILES string of the molecule is CCNC1=CC=CNC1CC. The van der Waals surface area contributed by atoms with Crippen LogP contribution in [0.1, 0.15) is 20.3 Å². The Morgan fingerprint density at radius 1 is 1.55 bits per heavy atom. The normalized spacial score (nSPS) is 22.4. The molecule has 1 aliphatic rings. The molecule has 0 amide bonds. The first kappa shape index (κ1) is 8.18. The summed E-state index contributed by atoms with van der Waals surface area (Å²) >= 11 is 0. The van der Waals surface area contributed by atoms with Crippen molar-refractivity contribution in [1.82, 2.24) is 10.6 Å². The van der Waals surface area contributed by atoms with Gasteiger partial charge in [0.15, 0.2) is 0 Å². The van der Waals surface area contributed by atoms with Gasteiger partial charge >= 0.3 is 0 Å². The van der Waals surface area contributed by atoms with Crippen molar-refractivity contribution in [1.29, 1.82) is 0 Å². The lowest BCUT2D eigenvalue weighted by atomic mass is 10.1. The number of hydrogen-bond acceptors (Lipinski definition) is 2. The van der Waals surface area contributed by atoms with Gasteiger partial charge in [-0.2, -0.15) is 0 Å². The lowest BCUT2D eigenvalue weighted by Crippen LogP contribution is -2.34. The van der Waals surface area contributed by atoms with Gasteiger partial charge in [0.1, 0.15) is 0 Å². The van der Waals surface area contributed by atoms with Crippen LogP contribution in [0.15, 0.2) is 24.0 Å². The molecule has 0 saturated carbocycles. The number of likely N-dealkylation sites (N-methyl/N-ethyl adjacent to an activating group) is 1. The summed E-state index contributed by atoms with van der Waals surface area (Å²) in [5.41, 5.74) is 1.30. The van der Waals surface area contributed by atoms with E-state index in [-0.39, 0.29) is 0 Å². The third-order valence-electron chi connectivity index (χ3n) is 1.83. The van der Waals surface area contributed by atoms with E-state index in [1.807, 2.05) is 12.3 Å². The molecule has 0 fully saturated rings. The van der Waals surface area contributed by atoms with Crippen molar-refractivity contribution in [3.63, 3.8) is 0 Å². The number of rotatable bonds is 3. The Morgan fingerprint density at radius 3 is 3.00 bits per heavy atom. The number of allylic oxidation sites excluding steroid dienone is 2. The molecule has 1 aliphatic heterocycles. The Kier molecular flexibility index (Phi) is 3.02. The molecule has 2 nitrogen and oxygen atoms in total. The molecule has 1 atom stereocenters. The fourth-order valence-electron chi connectivity index (χ4n) is 1.25. The minimum absolute atomic E-state index is 0.486. The molecule has 0 radical (unpaired) electrons. The van der Waals surface area contributed by atoms with Gasteiger partial charge in [-0.3, -0.25) is 0 Å². The molecule has 2 heteroatoms. The summed E-state index contributed by atoms with van der Waals surface area (Å²) in [4.78, 5) is 0. The van der Waals surface area contributed by atoms with Crippen molar-refractivity contribution in [2.24, 2.45) is 0 Å². The zero-order valence-corrected chi connectivity index (χ0v) is 7.22. The molecule has 0 aliphatic carbocycles.